The molecule has 0 saturated carbocycles. The predicted molar refractivity (Wildman–Crippen MR) is 103 cm³/mol. The van der Waals surface area contributed by atoms with Crippen molar-refractivity contribution in [2.24, 2.45) is 0 Å². The minimum absolute atomic E-state index is 0.00530. The summed E-state index contributed by atoms with van der Waals surface area (Å²) >= 11 is 0. The van der Waals surface area contributed by atoms with Crippen molar-refractivity contribution in [3.05, 3.63) is 35.4 Å². The first-order valence-corrected chi connectivity index (χ1v) is 9.27. The number of carbonyl (C=O) groups is 3. The van der Waals surface area contributed by atoms with E-state index in [1.165, 1.54) is 0 Å². The van der Waals surface area contributed by atoms with E-state index < -0.39 is 11.7 Å². The van der Waals surface area contributed by atoms with Crippen LogP contribution >= 0.6 is 0 Å². The lowest BCUT2D eigenvalue weighted by Gasteiger charge is -2.23. The van der Waals surface area contributed by atoms with Crippen molar-refractivity contribution in [1.29, 1.82) is 0 Å². The molecule has 0 radical (unpaired) electrons. The van der Waals surface area contributed by atoms with Crippen LogP contribution in [-0.4, -0.2) is 66.0 Å². The molecule has 1 aromatic carbocycles. The highest BCUT2D eigenvalue weighted by Gasteiger charge is 2.24. The van der Waals surface area contributed by atoms with Crippen LogP contribution in [0.25, 0.3) is 0 Å². The van der Waals surface area contributed by atoms with Gasteiger partial charge in [0.05, 0.1) is 0 Å². The molecule has 1 aliphatic heterocycles. The maximum Gasteiger partial charge on any atom is 0.408 e. The van der Waals surface area contributed by atoms with Crippen molar-refractivity contribution < 1.29 is 19.1 Å². The molecule has 1 saturated heterocycles. The molecule has 2 rings (SSSR count). The van der Waals surface area contributed by atoms with Crippen LogP contribution in [0.15, 0.2) is 24.3 Å². The lowest BCUT2D eigenvalue weighted by Crippen LogP contribution is -2.43. The maximum atomic E-state index is 12.7. The molecular formula is C20H29N3O4. The Morgan fingerprint density at radius 3 is 2.33 bits per heavy atom. The normalized spacial score (nSPS) is 15.1. The smallest absolute Gasteiger partial charge is 0.408 e. The molecule has 1 fully saturated rings. The number of nitrogens with one attached hydrogen (secondary N) is 1. The molecule has 1 N–H and O–H groups in total. The molecule has 148 valence electrons. The zero-order valence-electron chi connectivity index (χ0n) is 16.6. The average Bonchev–Trinajstić information content (AvgIpc) is 2.84. The number of rotatable bonds is 3. The predicted octanol–water partition coefficient (Wildman–Crippen LogP) is 2.19. The van der Waals surface area contributed by atoms with Crippen LogP contribution in [-0.2, 0) is 9.53 Å². The van der Waals surface area contributed by atoms with E-state index in [4.69, 9.17) is 4.74 Å². The van der Waals surface area contributed by atoms with E-state index in [1.54, 1.807) is 30.6 Å². The molecule has 0 unspecified atom stereocenters. The zero-order valence-corrected chi connectivity index (χ0v) is 16.6. The standard InChI is InChI=1S/C20H29N3O4/c1-15-8-5-6-9-16(15)18(25)23-11-7-10-22(12-13-23)17(24)14-21-19(26)27-20(2,3)4/h5-6,8-9H,7,10-14H2,1-4H3,(H,21,26). The van der Waals surface area contributed by atoms with Crippen LogP contribution in [0.1, 0.15) is 43.1 Å². The van der Waals surface area contributed by atoms with Gasteiger partial charge < -0.3 is 19.9 Å². The fourth-order valence-corrected chi connectivity index (χ4v) is 2.93. The summed E-state index contributed by atoms with van der Waals surface area (Å²) in [7, 11) is 0. The SMILES string of the molecule is Cc1ccccc1C(=O)N1CCCN(C(=O)CNC(=O)OC(C)(C)C)CC1. The second-order valence-corrected chi connectivity index (χ2v) is 7.70. The number of ether oxygens (including phenoxy) is 1. The molecule has 1 aromatic rings. The molecule has 27 heavy (non-hydrogen) atoms. The van der Waals surface area contributed by atoms with Crippen molar-refractivity contribution >= 4 is 17.9 Å². The van der Waals surface area contributed by atoms with Crippen molar-refractivity contribution in [1.82, 2.24) is 15.1 Å². The molecule has 1 aliphatic rings. The Morgan fingerprint density at radius 2 is 1.67 bits per heavy atom. The van der Waals surface area contributed by atoms with Crippen molar-refractivity contribution in [2.45, 2.75) is 39.7 Å². The number of nitrogens with zero attached hydrogens (tertiary/aromatic N) is 2. The molecule has 0 aromatic heterocycles. The number of carbonyl (C=O) groups excluding carboxylic acids is 3. The Hall–Kier alpha value is -2.57. The number of benzene rings is 1. The topological polar surface area (TPSA) is 79.0 Å². The van der Waals surface area contributed by atoms with E-state index in [-0.39, 0.29) is 18.4 Å². The third kappa shape index (κ3) is 6.27. The lowest BCUT2D eigenvalue weighted by atomic mass is 10.1. The van der Waals surface area contributed by atoms with Gasteiger partial charge in [-0.25, -0.2) is 4.79 Å². The summed E-state index contributed by atoms with van der Waals surface area (Å²) in [5.41, 5.74) is 1.04. The molecule has 7 heteroatoms. The highest BCUT2D eigenvalue weighted by Crippen LogP contribution is 2.13. The summed E-state index contributed by atoms with van der Waals surface area (Å²) in [5, 5.41) is 2.49. The Kier molecular flexibility index (Phi) is 6.82. The van der Waals surface area contributed by atoms with Gasteiger partial charge in [0.1, 0.15) is 12.1 Å². The highest BCUT2D eigenvalue weighted by molar-refractivity contribution is 5.95. The first-order chi connectivity index (χ1) is 12.7. The van der Waals surface area contributed by atoms with Crippen molar-refractivity contribution in [2.75, 3.05) is 32.7 Å². The summed E-state index contributed by atoms with van der Waals surface area (Å²) < 4.78 is 5.14. The Bertz CT molecular complexity index is 697. The van der Waals surface area contributed by atoms with Gasteiger partial charge >= 0.3 is 6.09 Å². The molecular weight excluding hydrogens is 346 g/mol. The van der Waals surface area contributed by atoms with Gasteiger partial charge in [0, 0.05) is 31.7 Å². The van der Waals surface area contributed by atoms with Crippen molar-refractivity contribution in [3.8, 4) is 0 Å². The molecule has 3 amide bonds. The second-order valence-electron chi connectivity index (χ2n) is 7.70. The molecule has 0 spiro atoms. The van der Waals surface area contributed by atoms with E-state index in [1.807, 2.05) is 31.2 Å². The third-order valence-electron chi connectivity index (χ3n) is 4.29. The van der Waals surface area contributed by atoms with Crippen LogP contribution in [0.2, 0.25) is 0 Å². The van der Waals surface area contributed by atoms with Gasteiger partial charge in [-0.3, -0.25) is 9.59 Å². The number of aryl methyl sites for hydroxylation is 1. The zero-order chi connectivity index (χ0) is 20.0. The van der Waals surface area contributed by atoms with E-state index in [9.17, 15) is 14.4 Å². The number of amides is 3. The van der Waals surface area contributed by atoms with Gasteiger partial charge in [0.2, 0.25) is 5.91 Å². The van der Waals surface area contributed by atoms with Crippen LogP contribution < -0.4 is 5.32 Å². The van der Waals surface area contributed by atoms with Crippen LogP contribution in [0, 0.1) is 6.92 Å². The van der Waals surface area contributed by atoms with Gasteiger partial charge in [-0.2, -0.15) is 0 Å². The second kappa shape index (κ2) is 8.88. The molecule has 0 aliphatic carbocycles. The average molecular weight is 375 g/mol. The largest absolute Gasteiger partial charge is 0.444 e. The summed E-state index contributed by atoms with van der Waals surface area (Å²) in [5.74, 6) is -0.180. The number of alkyl carbamates (subject to hydrolysis) is 1. The number of hydrogen-bond donors (Lipinski definition) is 1. The first kappa shape index (κ1) is 20.7. The van der Waals surface area contributed by atoms with E-state index >= 15 is 0 Å². The van der Waals surface area contributed by atoms with Crippen LogP contribution in [0.4, 0.5) is 4.79 Å². The molecule has 1 heterocycles. The minimum Gasteiger partial charge on any atom is -0.444 e. The van der Waals surface area contributed by atoms with Gasteiger partial charge in [0.25, 0.3) is 5.91 Å². The fraction of sp³-hybridized carbons (Fsp3) is 0.550. The van der Waals surface area contributed by atoms with Gasteiger partial charge in [0.15, 0.2) is 0 Å². The highest BCUT2D eigenvalue weighted by atomic mass is 16.6. The van der Waals surface area contributed by atoms with Gasteiger partial charge in [-0.05, 0) is 45.7 Å². The molecule has 0 atom stereocenters. The Morgan fingerprint density at radius 1 is 1.04 bits per heavy atom. The quantitative estimate of drug-likeness (QED) is 0.878. The van der Waals surface area contributed by atoms with Crippen molar-refractivity contribution in [3.63, 3.8) is 0 Å². The Labute approximate surface area is 160 Å². The van der Waals surface area contributed by atoms with Gasteiger partial charge in [-0.1, -0.05) is 18.2 Å². The van der Waals surface area contributed by atoms with Gasteiger partial charge in [-0.15, -0.1) is 0 Å². The Balaban J connectivity index is 1.87. The van der Waals surface area contributed by atoms with Crippen LogP contribution in [0.3, 0.4) is 0 Å². The summed E-state index contributed by atoms with van der Waals surface area (Å²) in [4.78, 5) is 40.3. The third-order valence-corrected chi connectivity index (χ3v) is 4.29. The maximum absolute atomic E-state index is 12.7. The number of hydrogen-bond acceptors (Lipinski definition) is 4. The lowest BCUT2D eigenvalue weighted by molar-refractivity contribution is -0.130. The fourth-order valence-electron chi connectivity index (χ4n) is 2.93. The summed E-state index contributed by atoms with van der Waals surface area (Å²) in [6, 6.07) is 7.52. The molecule has 7 nitrogen and oxygen atoms in total. The first-order valence-electron chi connectivity index (χ1n) is 9.27. The minimum atomic E-state index is -0.609. The van der Waals surface area contributed by atoms with E-state index in [0.717, 1.165) is 5.56 Å². The van der Waals surface area contributed by atoms with E-state index in [2.05, 4.69) is 5.32 Å². The summed E-state index contributed by atoms with van der Waals surface area (Å²) in [6.07, 6.45) is 0.0949. The van der Waals surface area contributed by atoms with E-state index in [0.29, 0.717) is 38.2 Å². The molecule has 0 bridgehead atoms. The monoisotopic (exact) mass is 375 g/mol. The van der Waals surface area contributed by atoms with Crippen LogP contribution in [0.5, 0.6) is 0 Å². The summed E-state index contributed by atoms with van der Waals surface area (Å²) in [6.45, 7) is 9.21.